The van der Waals surface area contributed by atoms with E-state index in [9.17, 15) is 4.79 Å². The van der Waals surface area contributed by atoms with Crippen molar-refractivity contribution in [3.05, 3.63) is 42.1 Å². The van der Waals surface area contributed by atoms with Crippen LogP contribution in [0.25, 0.3) is 0 Å². The Morgan fingerprint density at radius 1 is 1.38 bits per heavy atom. The summed E-state index contributed by atoms with van der Waals surface area (Å²) in [4.78, 5) is 11.3. The molecule has 13 heavy (non-hydrogen) atoms. The van der Waals surface area contributed by atoms with E-state index in [4.69, 9.17) is 10.8 Å². The zero-order valence-corrected chi connectivity index (χ0v) is 7.10. The number of Topliss-reactive ketones (excluding diaryl/α,β-unsaturated/α-hetero) is 1. The molecular formula is C10H11NO2. The lowest BCUT2D eigenvalue weighted by molar-refractivity contribution is 0.0996. The molecule has 0 bridgehead atoms. The molecule has 0 saturated heterocycles. The molecule has 0 heterocycles. The average Bonchev–Trinajstić information content (AvgIpc) is 2.15. The van der Waals surface area contributed by atoms with Crippen LogP contribution >= 0.6 is 0 Å². The quantitative estimate of drug-likeness (QED) is 0.686. The first-order valence-electron chi connectivity index (χ1n) is 3.93. The zero-order chi connectivity index (χ0) is 9.68. The summed E-state index contributed by atoms with van der Waals surface area (Å²) in [7, 11) is 0. The lowest BCUT2D eigenvalue weighted by Crippen LogP contribution is -1.96. The normalized spacial score (nSPS) is 10.5. The van der Waals surface area contributed by atoms with Crippen LogP contribution in [0.2, 0.25) is 0 Å². The predicted molar refractivity (Wildman–Crippen MR) is 50.4 cm³/mol. The number of allylic oxidation sites excluding steroid dienone is 1. The number of rotatable bonds is 3. The Hall–Kier alpha value is -1.77. The lowest BCUT2D eigenvalue weighted by atomic mass is 10.1. The minimum absolute atomic E-state index is 0.0123. The van der Waals surface area contributed by atoms with Crippen molar-refractivity contribution in [3.8, 4) is 5.75 Å². The van der Waals surface area contributed by atoms with Gasteiger partial charge in [0.15, 0.2) is 5.78 Å². The Bertz CT molecular complexity index is 314. The van der Waals surface area contributed by atoms with Gasteiger partial charge in [0.05, 0.1) is 0 Å². The Balaban J connectivity index is 2.72. The van der Waals surface area contributed by atoms with Crippen LogP contribution in [0.3, 0.4) is 0 Å². The molecule has 1 rings (SSSR count). The van der Waals surface area contributed by atoms with E-state index in [1.807, 2.05) is 0 Å². The summed E-state index contributed by atoms with van der Waals surface area (Å²) in [6.07, 6.45) is 3.23. The maximum atomic E-state index is 11.3. The van der Waals surface area contributed by atoms with E-state index in [0.717, 1.165) is 0 Å². The minimum atomic E-state index is -0.0123. The monoisotopic (exact) mass is 177 g/mol. The van der Waals surface area contributed by atoms with Gasteiger partial charge in [0, 0.05) is 12.0 Å². The molecule has 0 aliphatic carbocycles. The predicted octanol–water partition coefficient (Wildman–Crippen LogP) is 1.44. The van der Waals surface area contributed by atoms with Crippen LogP contribution in [0.15, 0.2) is 36.5 Å². The number of carbonyl (C=O) groups excluding carboxylic acids is 1. The second kappa shape index (κ2) is 4.30. The summed E-state index contributed by atoms with van der Waals surface area (Å²) < 4.78 is 0. The fourth-order valence-corrected chi connectivity index (χ4v) is 0.940. The average molecular weight is 177 g/mol. The third-order valence-corrected chi connectivity index (χ3v) is 1.63. The molecule has 1 aromatic carbocycles. The third-order valence-electron chi connectivity index (χ3n) is 1.63. The van der Waals surface area contributed by atoms with E-state index in [1.54, 1.807) is 18.2 Å². The molecule has 0 saturated carbocycles. The summed E-state index contributed by atoms with van der Waals surface area (Å²) in [5.41, 5.74) is 5.69. The van der Waals surface area contributed by atoms with Crippen molar-refractivity contribution in [3.63, 3.8) is 0 Å². The van der Waals surface area contributed by atoms with Gasteiger partial charge in [0.25, 0.3) is 0 Å². The first-order valence-corrected chi connectivity index (χ1v) is 3.93. The van der Waals surface area contributed by atoms with E-state index in [1.165, 1.54) is 18.3 Å². The van der Waals surface area contributed by atoms with Gasteiger partial charge in [-0.3, -0.25) is 4.79 Å². The van der Waals surface area contributed by atoms with Gasteiger partial charge < -0.3 is 10.8 Å². The third kappa shape index (κ3) is 2.63. The molecule has 3 nitrogen and oxygen atoms in total. The molecule has 1 aromatic rings. The van der Waals surface area contributed by atoms with Crippen LogP contribution < -0.4 is 5.73 Å². The Morgan fingerprint density at radius 3 is 2.54 bits per heavy atom. The van der Waals surface area contributed by atoms with Crippen LogP contribution in [-0.4, -0.2) is 10.9 Å². The summed E-state index contributed by atoms with van der Waals surface area (Å²) in [5, 5.41) is 8.97. The van der Waals surface area contributed by atoms with Crippen molar-refractivity contribution in [2.45, 2.75) is 6.42 Å². The standard InChI is InChI=1S/C10H11NO2/c11-7-1-2-10(13)8-3-5-9(12)6-4-8/h1,3-7,12H,2,11H2. The molecule has 0 radical (unpaired) electrons. The Morgan fingerprint density at radius 2 is 2.00 bits per heavy atom. The molecular weight excluding hydrogens is 166 g/mol. The maximum Gasteiger partial charge on any atom is 0.166 e. The van der Waals surface area contributed by atoms with Crippen molar-refractivity contribution in [1.29, 1.82) is 0 Å². The fourth-order valence-electron chi connectivity index (χ4n) is 0.940. The first kappa shape index (κ1) is 9.32. The highest BCUT2D eigenvalue weighted by atomic mass is 16.3. The van der Waals surface area contributed by atoms with Crippen LogP contribution in [0, 0.1) is 0 Å². The summed E-state index contributed by atoms with van der Waals surface area (Å²) in [6.45, 7) is 0. The van der Waals surface area contributed by atoms with Crippen LogP contribution in [0.4, 0.5) is 0 Å². The lowest BCUT2D eigenvalue weighted by Gasteiger charge is -1.97. The number of hydrogen-bond acceptors (Lipinski definition) is 3. The number of phenolic OH excluding ortho intramolecular Hbond substituents is 1. The second-order valence-corrected chi connectivity index (χ2v) is 2.60. The molecule has 0 amide bonds. The van der Waals surface area contributed by atoms with Gasteiger partial charge >= 0.3 is 0 Å². The number of benzene rings is 1. The number of nitrogens with two attached hydrogens (primary N) is 1. The van der Waals surface area contributed by atoms with Gasteiger partial charge in [-0.05, 0) is 30.5 Å². The van der Waals surface area contributed by atoms with Crippen LogP contribution in [0.5, 0.6) is 5.75 Å². The largest absolute Gasteiger partial charge is 0.508 e. The highest BCUT2D eigenvalue weighted by Gasteiger charge is 2.02. The molecule has 0 unspecified atom stereocenters. The Kier molecular flexibility index (Phi) is 3.09. The molecule has 68 valence electrons. The molecule has 0 aliphatic heterocycles. The molecule has 0 aliphatic rings. The number of ketones is 1. The highest BCUT2D eigenvalue weighted by Crippen LogP contribution is 2.11. The smallest absolute Gasteiger partial charge is 0.166 e. The van der Waals surface area contributed by atoms with Crippen molar-refractivity contribution >= 4 is 5.78 Å². The van der Waals surface area contributed by atoms with Gasteiger partial charge in [-0.2, -0.15) is 0 Å². The van der Waals surface area contributed by atoms with Gasteiger partial charge in [0.2, 0.25) is 0 Å². The van der Waals surface area contributed by atoms with Gasteiger partial charge in [-0.15, -0.1) is 0 Å². The number of carbonyl (C=O) groups is 1. The highest BCUT2D eigenvalue weighted by molar-refractivity contribution is 5.97. The van der Waals surface area contributed by atoms with Crippen LogP contribution in [0.1, 0.15) is 16.8 Å². The second-order valence-electron chi connectivity index (χ2n) is 2.60. The molecule has 0 aromatic heterocycles. The fraction of sp³-hybridized carbons (Fsp3) is 0.100. The number of hydrogen-bond donors (Lipinski definition) is 2. The van der Waals surface area contributed by atoms with E-state index in [2.05, 4.69) is 0 Å². The van der Waals surface area contributed by atoms with E-state index in [-0.39, 0.29) is 11.5 Å². The van der Waals surface area contributed by atoms with E-state index in [0.29, 0.717) is 12.0 Å². The first-order chi connectivity index (χ1) is 6.24. The summed E-state index contributed by atoms with van der Waals surface area (Å²) in [6, 6.07) is 6.14. The maximum absolute atomic E-state index is 11.3. The topological polar surface area (TPSA) is 63.3 Å². The van der Waals surface area contributed by atoms with Crippen molar-refractivity contribution < 1.29 is 9.90 Å². The number of phenols is 1. The van der Waals surface area contributed by atoms with Gasteiger partial charge in [-0.1, -0.05) is 6.08 Å². The minimum Gasteiger partial charge on any atom is -0.508 e. The molecule has 3 heteroatoms. The number of aromatic hydroxyl groups is 1. The Labute approximate surface area is 76.5 Å². The van der Waals surface area contributed by atoms with Crippen molar-refractivity contribution in [2.75, 3.05) is 0 Å². The molecule has 3 N–H and O–H groups in total. The van der Waals surface area contributed by atoms with Gasteiger partial charge in [-0.25, -0.2) is 0 Å². The SMILES string of the molecule is NC=CCC(=O)c1ccc(O)cc1. The molecule has 0 spiro atoms. The molecule has 0 fully saturated rings. The van der Waals surface area contributed by atoms with Crippen molar-refractivity contribution in [2.24, 2.45) is 5.73 Å². The molecule has 0 atom stereocenters. The summed E-state index contributed by atoms with van der Waals surface area (Å²) in [5.74, 6) is 0.146. The van der Waals surface area contributed by atoms with E-state index >= 15 is 0 Å². The summed E-state index contributed by atoms with van der Waals surface area (Å²) >= 11 is 0. The van der Waals surface area contributed by atoms with Crippen molar-refractivity contribution in [1.82, 2.24) is 0 Å². The zero-order valence-electron chi connectivity index (χ0n) is 7.10. The van der Waals surface area contributed by atoms with Gasteiger partial charge in [0.1, 0.15) is 5.75 Å². The van der Waals surface area contributed by atoms with Crippen LogP contribution in [-0.2, 0) is 0 Å². The van der Waals surface area contributed by atoms with E-state index < -0.39 is 0 Å².